The topological polar surface area (TPSA) is 72.2 Å². The van der Waals surface area contributed by atoms with Gasteiger partial charge in [-0.15, -0.1) is 0 Å². The molecule has 62 valence electrons. The zero-order valence-corrected chi connectivity index (χ0v) is 6.30. The van der Waals surface area contributed by atoms with Gasteiger partial charge in [0.25, 0.3) is 0 Å². The number of nitrogens with one attached hydrogen (secondary N) is 1. The van der Waals surface area contributed by atoms with Crippen molar-refractivity contribution in [2.75, 3.05) is 6.54 Å². The van der Waals surface area contributed by atoms with Crippen LogP contribution in [0.25, 0.3) is 0 Å². The van der Waals surface area contributed by atoms with E-state index in [9.17, 15) is 9.59 Å². The smallest absolute Gasteiger partial charge is 0.218 e. The van der Waals surface area contributed by atoms with E-state index in [1.165, 1.54) is 0 Å². The number of carbonyl (C=O) groups is 2. The number of carbonyl (C=O) groups excluding carboxylic acids is 2. The van der Waals surface area contributed by atoms with Crippen LogP contribution in [-0.2, 0) is 9.59 Å². The third-order valence-electron chi connectivity index (χ3n) is 1.76. The zero-order valence-electron chi connectivity index (χ0n) is 6.30. The molecule has 4 heteroatoms. The van der Waals surface area contributed by atoms with Crippen LogP contribution < -0.4 is 11.1 Å². The summed E-state index contributed by atoms with van der Waals surface area (Å²) in [6.07, 6.45) is 1.30. The zero-order chi connectivity index (χ0) is 8.27. The van der Waals surface area contributed by atoms with E-state index in [1.54, 1.807) is 0 Å². The Balaban J connectivity index is 2.34. The van der Waals surface area contributed by atoms with Crippen LogP contribution in [-0.4, -0.2) is 24.3 Å². The van der Waals surface area contributed by atoms with Crippen molar-refractivity contribution in [2.45, 2.75) is 25.3 Å². The van der Waals surface area contributed by atoms with Crippen LogP contribution in [0.2, 0.25) is 0 Å². The minimum absolute atomic E-state index is 0.0197. The van der Waals surface area contributed by atoms with E-state index < -0.39 is 0 Å². The number of primary amides is 1. The third kappa shape index (κ3) is 2.67. The fraction of sp³-hybridized carbons (Fsp3) is 0.714. The summed E-state index contributed by atoms with van der Waals surface area (Å²) >= 11 is 0. The molecular formula is C7H12N2O2. The minimum Gasteiger partial charge on any atom is -0.370 e. The number of Topliss-reactive ketones (excluding diaryl/α,β-unsaturated/α-hetero) is 1. The Morgan fingerprint density at radius 1 is 1.73 bits per heavy atom. The van der Waals surface area contributed by atoms with Gasteiger partial charge < -0.3 is 11.1 Å². The number of hydrogen-bond donors (Lipinski definition) is 2. The molecule has 1 fully saturated rings. The van der Waals surface area contributed by atoms with Gasteiger partial charge in [-0.3, -0.25) is 9.59 Å². The third-order valence-corrected chi connectivity index (χ3v) is 1.76. The van der Waals surface area contributed by atoms with Crippen LogP contribution in [0.15, 0.2) is 0 Å². The molecule has 0 aliphatic carbocycles. The summed E-state index contributed by atoms with van der Waals surface area (Å²) in [6, 6.07) is -0.0197. The standard InChI is InChI=1S/C7H12N2O2/c8-7(11)4-5-3-6(10)1-2-9-5/h5,9H,1-4H2,(H2,8,11). The van der Waals surface area contributed by atoms with Gasteiger partial charge in [0.05, 0.1) is 0 Å². The van der Waals surface area contributed by atoms with Gasteiger partial charge in [0, 0.05) is 31.8 Å². The molecule has 0 aromatic heterocycles. The Bertz CT molecular complexity index is 177. The number of nitrogens with two attached hydrogens (primary N) is 1. The molecule has 0 spiro atoms. The van der Waals surface area contributed by atoms with E-state index in [0.717, 1.165) is 0 Å². The van der Waals surface area contributed by atoms with Crippen LogP contribution in [0.5, 0.6) is 0 Å². The van der Waals surface area contributed by atoms with Crippen molar-refractivity contribution in [2.24, 2.45) is 5.73 Å². The summed E-state index contributed by atoms with van der Waals surface area (Å²) in [5, 5.41) is 3.06. The quantitative estimate of drug-likeness (QED) is 0.549. The van der Waals surface area contributed by atoms with Crippen molar-refractivity contribution in [1.82, 2.24) is 5.32 Å². The molecule has 1 saturated heterocycles. The fourth-order valence-electron chi connectivity index (χ4n) is 1.25. The maximum Gasteiger partial charge on any atom is 0.218 e. The van der Waals surface area contributed by atoms with Gasteiger partial charge in [0.1, 0.15) is 5.78 Å². The molecule has 0 aromatic rings. The van der Waals surface area contributed by atoms with E-state index in [-0.39, 0.29) is 24.2 Å². The predicted molar refractivity (Wildman–Crippen MR) is 39.8 cm³/mol. The molecule has 0 bridgehead atoms. The molecule has 0 aromatic carbocycles. The van der Waals surface area contributed by atoms with Crippen molar-refractivity contribution >= 4 is 11.7 Å². The Morgan fingerprint density at radius 2 is 2.45 bits per heavy atom. The summed E-state index contributed by atoms with van der Waals surface area (Å²) in [4.78, 5) is 21.3. The Labute approximate surface area is 65.1 Å². The molecule has 1 aliphatic rings. The molecule has 1 rings (SSSR count). The maximum absolute atomic E-state index is 10.9. The second-order valence-electron chi connectivity index (χ2n) is 2.81. The van der Waals surface area contributed by atoms with Crippen LogP contribution in [0.1, 0.15) is 19.3 Å². The first kappa shape index (κ1) is 8.20. The molecule has 1 aliphatic heterocycles. The largest absolute Gasteiger partial charge is 0.370 e. The molecule has 0 saturated carbocycles. The lowest BCUT2D eigenvalue weighted by atomic mass is 10.0. The second-order valence-corrected chi connectivity index (χ2v) is 2.81. The van der Waals surface area contributed by atoms with Gasteiger partial charge >= 0.3 is 0 Å². The Hall–Kier alpha value is -0.900. The molecule has 1 amide bonds. The van der Waals surface area contributed by atoms with Gasteiger partial charge in [-0.05, 0) is 0 Å². The number of rotatable bonds is 2. The highest BCUT2D eigenvalue weighted by Crippen LogP contribution is 2.05. The maximum atomic E-state index is 10.9. The molecular weight excluding hydrogens is 144 g/mol. The van der Waals surface area contributed by atoms with E-state index in [2.05, 4.69) is 5.32 Å². The number of piperidine rings is 1. The average Bonchev–Trinajstić information content (AvgIpc) is 1.85. The average molecular weight is 156 g/mol. The predicted octanol–water partition coefficient (Wildman–Crippen LogP) is -0.817. The van der Waals surface area contributed by atoms with E-state index in [0.29, 0.717) is 19.4 Å². The molecule has 1 unspecified atom stereocenters. The lowest BCUT2D eigenvalue weighted by Gasteiger charge is -2.20. The van der Waals surface area contributed by atoms with E-state index in [4.69, 9.17) is 5.73 Å². The molecule has 3 N–H and O–H groups in total. The van der Waals surface area contributed by atoms with E-state index >= 15 is 0 Å². The molecule has 1 atom stereocenters. The van der Waals surface area contributed by atoms with Crippen molar-refractivity contribution in [3.05, 3.63) is 0 Å². The summed E-state index contributed by atoms with van der Waals surface area (Å²) in [5.41, 5.74) is 4.98. The lowest BCUT2D eigenvalue weighted by molar-refractivity contribution is -0.121. The molecule has 1 heterocycles. The normalized spacial score (nSPS) is 25.1. The van der Waals surface area contributed by atoms with Gasteiger partial charge in [-0.1, -0.05) is 0 Å². The molecule has 0 radical (unpaired) electrons. The number of ketones is 1. The van der Waals surface area contributed by atoms with Crippen LogP contribution in [0.4, 0.5) is 0 Å². The van der Waals surface area contributed by atoms with Gasteiger partial charge in [0.2, 0.25) is 5.91 Å². The first-order chi connectivity index (χ1) is 5.18. The Kier molecular flexibility index (Phi) is 2.59. The van der Waals surface area contributed by atoms with Crippen molar-refractivity contribution in [3.63, 3.8) is 0 Å². The van der Waals surface area contributed by atoms with Crippen molar-refractivity contribution in [3.8, 4) is 0 Å². The summed E-state index contributed by atoms with van der Waals surface area (Å²) < 4.78 is 0. The number of hydrogen-bond acceptors (Lipinski definition) is 3. The summed E-state index contributed by atoms with van der Waals surface area (Å²) in [6.45, 7) is 0.677. The van der Waals surface area contributed by atoms with Crippen LogP contribution in [0, 0.1) is 0 Å². The highest BCUT2D eigenvalue weighted by Gasteiger charge is 2.19. The van der Waals surface area contributed by atoms with E-state index in [1.807, 2.05) is 0 Å². The minimum atomic E-state index is -0.350. The summed E-state index contributed by atoms with van der Waals surface area (Å²) in [5.74, 6) is -0.132. The highest BCUT2D eigenvalue weighted by atomic mass is 16.1. The molecule has 4 nitrogen and oxygen atoms in total. The highest BCUT2D eigenvalue weighted by molar-refractivity contribution is 5.81. The second kappa shape index (κ2) is 3.48. The Morgan fingerprint density at radius 3 is 3.00 bits per heavy atom. The lowest BCUT2D eigenvalue weighted by Crippen LogP contribution is -2.40. The first-order valence-corrected chi connectivity index (χ1v) is 3.72. The van der Waals surface area contributed by atoms with Crippen molar-refractivity contribution in [1.29, 1.82) is 0 Å². The van der Waals surface area contributed by atoms with Crippen molar-refractivity contribution < 1.29 is 9.59 Å². The van der Waals surface area contributed by atoms with Crippen LogP contribution >= 0.6 is 0 Å². The van der Waals surface area contributed by atoms with Crippen LogP contribution in [0.3, 0.4) is 0 Å². The van der Waals surface area contributed by atoms with Gasteiger partial charge in [-0.25, -0.2) is 0 Å². The fourth-order valence-corrected chi connectivity index (χ4v) is 1.25. The van der Waals surface area contributed by atoms with Gasteiger partial charge in [0.15, 0.2) is 0 Å². The SMILES string of the molecule is NC(=O)CC1CC(=O)CCN1. The molecule has 11 heavy (non-hydrogen) atoms. The van der Waals surface area contributed by atoms with Gasteiger partial charge in [-0.2, -0.15) is 0 Å². The first-order valence-electron chi connectivity index (χ1n) is 3.72. The number of amides is 1. The summed E-state index contributed by atoms with van der Waals surface area (Å²) in [7, 11) is 0. The monoisotopic (exact) mass is 156 g/mol.